The molecule has 2 aromatic rings. The number of carbonyl (C=O) groups is 2. The van der Waals surface area contributed by atoms with Gasteiger partial charge < -0.3 is 10.6 Å². The van der Waals surface area contributed by atoms with Gasteiger partial charge in [-0.05, 0) is 55.2 Å². The molecule has 6 heteroatoms. The van der Waals surface area contributed by atoms with E-state index in [4.69, 9.17) is 23.2 Å². The van der Waals surface area contributed by atoms with Crippen LogP contribution in [0.1, 0.15) is 16.7 Å². The number of nitrogens with one attached hydrogen (secondary N) is 2. The first-order valence-corrected chi connectivity index (χ1v) is 8.23. The third kappa shape index (κ3) is 4.98. The van der Waals surface area contributed by atoms with Crippen molar-refractivity contribution in [3.05, 3.63) is 63.1 Å². The molecular weight excluding hydrogens is 347 g/mol. The zero-order valence-corrected chi connectivity index (χ0v) is 15.0. The van der Waals surface area contributed by atoms with Gasteiger partial charge in [-0.3, -0.25) is 9.59 Å². The van der Waals surface area contributed by atoms with E-state index in [2.05, 4.69) is 10.6 Å². The summed E-state index contributed by atoms with van der Waals surface area (Å²) in [6.07, 6.45) is 0.512. The van der Waals surface area contributed by atoms with Crippen LogP contribution >= 0.6 is 23.2 Å². The Kier molecular flexibility index (Phi) is 6.23. The van der Waals surface area contributed by atoms with Crippen molar-refractivity contribution in [2.45, 2.75) is 20.3 Å². The lowest BCUT2D eigenvalue weighted by atomic mass is 10.1. The largest absolute Gasteiger partial charge is 0.347 e. The summed E-state index contributed by atoms with van der Waals surface area (Å²) in [6.45, 7) is 4.10. The van der Waals surface area contributed by atoms with Gasteiger partial charge in [0.2, 0.25) is 0 Å². The average Bonchev–Trinajstić information content (AvgIpc) is 2.52. The summed E-state index contributed by atoms with van der Waals surface area (Å²) in [5.41, 5.74) is 3.40. The average molecular weight is 365 g/mol. The fraction of sp³-hybridized carbons (Fsp3) is 0.222. The molecule has 0 saturated carbocycles. The van der Waals surface area contributed by atoms with Gasteiger partial charge in [-0.25, -0.2) is 0 Å². The van der Waals surface area contributed by atoms with Gasteiger partial charge in [-0.2, -0.15) is 0 Å². The minimum atomic E-state index is -0.689. The highest BCUT2D eigenvalue weighted by Crippen LogP contribution is 2.21. The van der Waals surface area contributed by atoms with E-state index in [0.717, 1.165) is 16.7 Å². The van der Waals surface area contributed by atoms with Crippen molar-refractivity contribution >= 4 is 40.7 Å². The number of carbonyl (C=O) groups excluding carboxylic acids is 2. The SMILES string of the molecule is Cc1ccc(C)c(NC(=O)C(=O)NCCc2ccc(Cl)cc2Cl)c1. The predicted octanol–water partition coefficient (Wildman–Crippen LogP) is 3.91. The van der Waals surface area contributed by atoms with Crippen molar-refractivity contribution in [2.24, 2.45) is 0 Å². The Hall–Kier alpha value is -2.04. The number of hydrogen-bond acceptors (Lipinski definition) is 2. The second kappa shape index (κ2) is 8.18. The zero-order chi connectivity index (χ0) is 17.7. The van der Waals surface area contributed by atoms with Gasteiger partial charge in [0.05, 0.1) is 0 Å². The summed E-state index contributed by atoms with van der Waals surface area (Å²) in [4.78, 5) is 23.9. The lowest BCUT2D eigenvalue weighted by Gasteiger charge is -2.10. The molecule has 0 spiro atoms. The number of hydrogen-bond donors (Lipinski definition) is 2. The lowest BCUT2D eigenvalue weighted by Crippen LogP contribution is -2.36. The van der Waals surface area contributed by atoms with Crippen molar-refractivity contribution in [1.29, 1.82) is 0 Å². The van der Waals surface area contributed by atoms with Crippen LogP contribution < -0.4 is 10.6 Å². The van der Waals surface area contributed by atoms with E-state index in [0.29, 0.717) is 28.7 Å². The number of benzene rings is 2. The summed E-state index contributed by atoms with van der Waals surface area (Å²) in [5.74, 6) is -1.37. The topological polar surface area (TPSA) is 58.2 Å². The summed E-state index contributed by atoms with van der Waals surface area (Å²) in [5, 5.41) is 6.30. The van der Waals surface area contributed by atoms with E-state index in [1.54, 1.807) is 18.2 Å². The Labute approximate surface area is 151 Å². The van der Waals surface area contributed by atoms with Crippen LogP contribution in [0.5, 0.6) is 0 Å². The number of anilines is 1. The van der Waals surface area contributed by atoms with E-state index < -0.39 is 11.8 Å². The molecule has 2 amide bonds. The summed E-state index contributed by atoms with van der Waals surface area (Å²) >= 11 is 11.9. The standard InChI is InChI=1S/C18H18Cl2N2O2/c1-11-3-4-12(2)16(9-11)22-18(24)17(23)21-8-7-13-5-6-14(19)10-15(13)20/h3-6,9-10H,7-8H2,1-2H3,(H,21,23)(H,22,24). The highest BCUT2D eigenvalue weighted by molar-refractivity contribution is 6.39. The molecular formula is C18H18Cl2N2O2. The third-order valence-electron chi connectivity index (χ3n) is 3.54. The van der Waals surface area contributed by atoms with E-state index in [1.807, 2.05) is 32.0 Å². The third-order valence-corrected chi connectivity index (χ3v) is 4.13. The van der Waals surface area contributed by atoms with Crippen molar-refractivity contribution in [2.75, 3.05) is 11.9 Å². The Morgan fingerprint density at radius 2 is 1.75 bits per heavy atom. The Morgan fingerprint density at radius 3 is 2.46 bits per heavy atom. The molecule has 0 fully saturated rings. The molecule has 24 heavy (non-hydrogen) atoms. The summed E-state index contributed by atoms with van der Waals surface area (Å²) in [7, 11) is 0. The molecule has 0 bridgehead atoms. The Morgan fingerprint density at radius 1 is 1.00 bits per heavy atom. The van der Waals surface area contributed by atoms with Crippen molar-refractivity contribution < 1.29 is 9.59 Å². The van der Waals surface area contributed by atoms with E-state index in [1.165, 1.54) is 0 Å². The fourth-order valence-electron chi connectivity index (χ4n) is 2.16. The number of amides is 2. The van der Waals surface area contributed by atoms with Crippen molar-refractivity contribution in [1.82, 2.24) is 5.32 Å². The van der Waals surface area contributed by atoms with Crippen LogP contribution in [0.2, 0.25) is 10.0 Å². The Bertz CT molecular complexity index is 776. The molecule has 0 aliphatic heterocycles. The van der Waals surface area contributed by atoms with Gasteiger partial charge in [0.25, 0.3) is 0 Å². The van der Waals surface area contributed by atoms with Crippen LogP contribution in [0.25, 0.3) is 0 Å². The molecule has 0 unspecified atom stereocenters. The maximum absolute atomic E-state index is 12.0. The monoisotopic (exact) mass is 364 g/mol. The van der Waals surface area contributed by atoms with Crippen LogP contribution in [0.4, 0.5) is 5.69 Å². The maximum Gasteiger partial charge on any atom is 0.313 e. The van der Waals surface area contributed by atoms with Crippen LogP contribution in [0.15, 0.2) is 36.4 Å². The second-order valence-corrected chi connectivity index (χ2v) is 6.36. The second-order valence-electron chi connectivity index (χ2n) is 5.51. The van der Waals surface area contributed by atoms with Gasteiger partial charge in [0, 0.05) is 22.3 Å². The smallest absolute Gasteiger partial charge is 0.313 e. The first-order valence-electron chi connectivity index (χ1n) is 7.47. The minimum absolute atomic E-state index is 0.306. The summed E-state index contributed by atoms with van der Waals surface area (Å²) < 4.78 is 0. The van der Waals surface area contributed by atoms with Crippen LogP contribution in [-0.4, -0.2) is 18.4 Å². The number of rotatable bonds is 4. The lowest BCUT2D eigenvalue weighted by molar-refractivity contribution is -0.136. The molecule has 126 valence electrons. The molecule has 2 N–H and O–H groups in total. The number of aryl methyl sites for hydroxylation is 2. The minimum Gasteiger partial charge on any atom is -0.347 e. The summed E-state index contributed by atoms with van der Waals surface area (Å²) in [6, 6.07) is 10.8. The van der Waals surface area contributed by atoms with Crippen LogP contribution in [0, 0.1) is 13.8 Å². The highest BCUT2D eigenvalue weighted by Gasteiger charge is 2.14. The van der Waals surface area contributed by atoms with Gasteiger partial charge >= 0.3 is 11.8 Å². The molecule has 0 aliphatic carbocycles. The Balaban J connectivity index is 1.88. The predicted molar refractivity (Wildman–Crippen MR) is 97.7 cm³/mol. The van der Waals surface area contributed by atoms with Gasteiger partial charge in [0.1, 0.15) is 0 Å². The fourth-order valence-corrected chi connectivity index (χ4v) is 2.67. The molecule has 2 rings (SSSR count). The molecule has 0 aromatic heterocycles. The quantitative estimate of drug-likeness (QED) is 0.808. The molecule has 2 aromatic carbocycles. The maximum atomic E-state index is 12.0. The van der Waals surface area contributed by atoms with Gasteiger partial charge in [-0.1, -0.05) is 41.4 Å². The van der Waals surface area contributed by atoms with Crippen molar-refractivity contribution in [3.8, 4) is 0 Å². The first-order chi connectivity index (χ1) is 11.4. The molecule has 0 atom stereocenters. The normalized spacial score (nSPS) is 10.3. The highest BCUT2D eigenvalue weighted by atomic mass is 35.5. The molecule has 0 radical (unpaired) electrons. The van der Waals surface area contributed by atoms with Crippen molar-refractivity contribution in [3.63, 3.8) is 0 Å². The van der Waals surface area contributed by atoms with E-state index in [9.17, 15) is 9.59 Å². The van der Waals surface area contributed by atoms with E-state index in [-0.39, 0.29) is 0 Å². The van der Waals surface area contributed by atoms with Crippen LogP contribution in [0.3, 0.4) is 0 Å². The molecule has 0 aliphatic rings. The van der Waals surface area contributed by atoms with Gasteiger partial charge in [-0.15, -0.1) is 0 Å². The number of halogens is 2. The molecule has 0 saturated heterocycles. The zero-order valence-electron chi connectivity index (χ0n) is 13.5. The molecule has 4 nitrogen and oxygen atoms in total. The molecule has 0 heterocycles. The first kappa shape index (κ1) is 18.3. The van der Waals surface area contributed by atoms with Gasteiger partial charge in [0.15, 0.2) is 0 Å². The van der Waals surface area contributed by atoms with E-state index >= 15 is 0 Å². The van der Waals surface area contributed by atoms with Crippen LogP contribution in [-0.2, 0) is 16.0 Å².